The van der Waals surface area contributed by atoms with Crippen LogP contribution in [-0.4, -0.2) is 49.0 Å². The second kappa shape index (κ2) is 10.8. The molecule has 160 valence electrons. The molecule has 1 amide bonds. The molecule has 2 rings (SSSR count). The highest BCUT2D eigenvalue weighted by atomic mass is 19.1. The van der Waals surface area contributed by atoms with Crippen molar-refractivity contribution in [1.29, 1.82) is 0 Å². The van der Waals surface area contributed by atoms with Crippen LogP contribution in [0.2, 0.25) is 0 Å². The van der Waals surface area contributed by atoms with Crippen molar-refractivity contribution in [2.24, 2.45) is 11.7 Å². The minimum absolute atomic E-state index is 0.140. The second-order valence-corrected chi connectivity index (χ2v) is 6.90. The van der Waals surface area contributed by atoms with E-state index in [0.29, 0.717) is 38.8 Å². The van der Waals surface area contributed by atoms with Gasteiger partial charge in [-0.05, 0) is 31.9 Å². The Kier molecular flexibility index (Phi) is 8.47. The van der Waals surface area contributed by atoms with Crippen LogP contribution >= 0.6 is 0 Å². The van der Waals surface area contributed by atoms with E-state index in [2.05, 4.69) is 5.32 Å². The number of carbonyl (C=O) groups is 2. The topological polar surface area (TPSA) is 134 Å². The molecule has 1 aliphatic rings. The molecule has 0 spiro atoms. The number of hydrogen-bond acceptors (Lipinski definition) is 7. The zero-order valence-electron chi connectivity index (χ0n) is 16.3. The predicted molar refractivity (Wildman–Crippen MR) is 102 cm³/mol. The third-order valence-electron chi connectivity index (χ3n) is 4.81. The van der Waals surface area contributed by atoms with Gasteiger partial charge < -0.3 is 20.5 Å². The summed E-state index contributed by atoms with van der Waals surface area (Å²) < 4.78 is 24.8. The van der Waals surface area contributed by atoms with Gasteiger partial charge in [0.2, 0.25) is 5.91 Å². The molecule has 0 aromatic heterocycles. The molecular weight excluding hydrogens is 385 g/mol. The maximum Gasteiger partial charge on any atom is 0.324 e. The Morgan fingerprint density at radius 2 is 2.17 bits per heavy atom. The van der Waals surface area contributed by atoms with E-state index in [4.69, 9.17) is 15.2 Å². The van der Waals surface area contributed by atoms with E-state index in [1.54, 1.807) is 0 Å². The molecule has 0 saturated carbocycles. The smallest absolute Gasteiger partial charge is 0.324 e. The first-order valence-corrected chi connectivity index (χ1v) is 9.55. The molecule has 1 saturated heterocycles. The van der Waals surface area contributed by atoms with Crippen LogP contribution in [-0.2, 0) is 9.53 Å². The number of morpholine rings is 1. The highest BCUT2D eigenvalue weighted by molar-refractivity contribution is 5.99. The van der Waals surface area contributed by atoms with Gasteiger partial charge in [0, 0.05) is 13.1 Å². The van der Waals surface area contributed by atoms with E-state index in [9.17, 15) is 24.1 Å². The van der Waals surface area contributed by atoms with Gasteiger partial charge in [0.1, 0.15) is 11.4 Å². The van der Waals surface area contributed by atoms with E-state index in [1.807, 2.05) is 0 Å². The standard InChI is InChI=1S/C19H26FN3O6/c1-12(24)17-14(20)6-7-15(18(17)23(26)27)28-9-4-2-3-5-13(19(21)25)16-11-22-8-10-29-16/h6-7,13,16,22H,2-5,8-11H2,1H3,(H2,21,25). The van der Waals surface area contributed by atoms with Crippen molar-refractivity contribution in [3.63, 3.8) is 0 Å². The Balaban J connectivity index is 1.84. The number of unbranched alkanes of at least 4 members (excludes halogenated alkanes) is 2. The zero-order valence-corrected chi connectivity index (χ0v) is 16.3. The number of primary amides is 1. The number of carbonyl (C=O) groups excluding carboxylic acids is 2. The number of nitrogens with two attached hydrogens (primary N) is 1. The summed E-state index contributed by atoms with van der Waals surface area (Å²) in [5.41, 5.74) is 4.24. The van der Waals surface area contributed by atoms with Crippen molar-refractivity contribution in [1.82, 2.24) is 5.32 Å². The Labute approximate surface area is 167 Å². The van der Waals surface area contributed by atoms with Crippen LogP contribution in [0.3, 0.4) is 0 Å². The third-order valence-corrected chi connectivity index (χ3v) is 4.81. The fraction of sp³-hybridized carbons (Fsp3) is 0.579. The number of ether oxygens (including phenoxy) is 2. The average molecular weight is 411 g/mol. The Morgan fingerprint density at radius 1 is 1.41 bits per heavy atom. The number of nitro benzene ring substituents is 1. The van der Waals surface area contributed by atoms with Gasteiger partial charge in [-0.2, -0.15) is 0 Å². The number of rotatable bonds is 11. The molecule has 10 heteroatoms. The lowest BCUT2D eigenvalue weighted by molar-refractivity contribution is -0.386. The Bertz CT molecular complexity index is 752. The van der Waals surface area contributed by atoms with Crippen molar-refractivity contribution < 1.29 is 28.4 Å². The number of nitrogens with zero attached hydrogens (tertiary/aromatic N) is 1. The summed E-state index contributed by atoms with van der Waals surface area (Å²) in [4.78, 5) is 33.7. The predicted octanol–water partition coefficient (Wildman–Crippen LogP) is 1.97. The van der Waals surface area contributed by atoms with Gasteiger partial charge in [-0.3, -0.25) is 19.7 Å². The fourth-order valence-corrected chi connectivity index (χ4v) is 3.36. The number of ketones is 1. The minimum atomic E-state index is -0.950. The van der Waals surface area contributed by atoms with Gasteiger partial charge >= 0.3 is 5.69 Å². The number of halogens is 1. The van der Waals surface area contributed by atoms with E-state index < -0.39 is 33.7 Å². The summed E-state index contributed by atoms with van der Waals surface area (Å²) in [6.07, 6.45) is 2.33. The number of Topliss-reactive ketones (excluding diaryl/α,β-unsaturated/α-hetero) is 1. The number of nitro groups is 1. The van der Waals surface area contributed by atoms with Crippen LogP contribution in [0.5, 0.6) is 5.75 Å². The molecular formula is C19H26FN3O6. The summed E-state index contributed by atoms with van der Waals surface area (Å²) in [5.74, 6) is -2.60. The summed E-state index contributed by atoms with van der Waals surface area (Å²) in [6, 6.07) is 2.13. The largest absolute Gasteiger partial charge is 0.487 e. The average Bonchev–Trinajstić information content (AvgIpc) is 2.67. The monoisotopic (exact) mass is 411 g/mol. The molecule has 29 heavy (non-hydrogen) atoms. The lowest BCUT2D eigenvalue weighted by Gasteiger charge is -2.29. The van der Waals surface area contributed by atoms with E-state index >= 15 is 0 Å². The van der Waals surface area contributed by atoms with Crippen molar-refractivity contribution in [3.05, 3.63) is 33.6 Å². The second-order valence-electron chi connectivity index (χ2n) is 6.90. The Morgan fingerprint density at radius 3 is 2.76 bits per heavy atom. The van der Waals surface area contributed by atoms with Crippen LogP contribution in [0.4, 0.5) is 10.1 Å². The number of amides is 1. The molecule has 3 N–H and O–H groups in total. The normalized spacial score (nSPS) is 17.5. The minimum Gasteiger partial charge on any atom is -0.487 e. The first-order chi connectivity index (χ1) is 13.8. The van der Waals surface area contributed by atoms with Gasteiger partial charge in [0.15, 0.2) is 11.5 Å². The molecule has 0 aliphatic carbocycles. The van der Waals surface area contributed by atoms with Gasteiger partial charge in [-0.15, -0.1) is 0 Å². The van der Waals surface area contributed by atoms with Gasteiger partial charge in [-0.1, -0.05) is 12.8 Å². The van der Waals surface area contributed by atoms with Crippen LogP contribution in [0.15, 0.2) is 12.1 Å². The Hall–Kier alpha value is -2.59. The van der Waals surface area contributed by atoms with Crippen LogP contribution in [0, 0.1) is 21.8 Å². The lowest BCUT2D eigenvalue weighted by Crippen LogP contribution is -2.46. The fourth-order valence-electron chi connectivity index (χ4n) is 3.36. The lowest BCUT2D eigenvalue weighted by atomic mass is 9.94. The molecule has 1 aromatic carbocycles. The summed E-state index contributed by atoms with van der Waals surface area (Å²) >= 11 is 0. The molecule has 2 atom stereocenters. The van der Waals surface area contributed by atoms with Crippen LogP contribution in [0.1, 0.15) is 43.0 Å². The van der Waals surface area contributed by atoms with Crippen LogP contribution < -0.4 is 15.8 Å². The maximum atomic E-state index is 13.8. The molecule has 2 unspecified atom stereocenters. The van der Waals surface area contributed by atoms with E-state index in [1.165, 1.54) is 0 Å². The molecule has 1 heterocycles. The highest BCUT2D eigenvalue weighted by Gasteiger charge is 2.29. The highest BCUT2D eigenvalue weighted by Crippen LogP contribution is 2.33. The van der Waals surface area contributed by atoms with Crippen molar-refractivity contribution in [2.75, 3.05) is 26.3 Å². The molecule has 0 radical (unpaired) electrons. The SMILES string of the molecule is CC(=O)c1c(F)ccc(OCCCCCC(C(N)=O)C2CNCCO2)c1[N+](=O)[O-]. The summed E-state index contributed by atoms with van der Waals surface area (Å²) in [5, 5.41) is 14.4. The first-order valence-electron chi connectivity index (χ1n) is 9.55. The van der Waals surface area contributed by atoms with Crippen molar-refractivity contribution in [2.45, 2.75) is 38.7 Å². The number of hydrogen-bond donors (Lipinski definition) is 2. The summed E-state index contributed by atoms with van der Waals surface area (Å²) in [6.45, 7) is 3.10. The maximum absolute atomic E-state index is 13.8. The molecule has 0 bridgehead atoms. The van der Waals surface area contributed by atoms with Gasteiger partial charge in [-0.25, -0.2) is 4.39 Å². The number of benzene rings is 1. The van der Waals surface area contributed by atoms with Gasteiger partial charge in [0.05, 0.1) is 30.2 Å². The quantitative estimate of drug-likeness (QED) is 0.246. The molecule has 1 aliphatic heterocycles. The van der Waals surface area contributed by atoms with Crippen molar-refractivity contribution in [3.8, 4) is 5.75 Å². The van der Waals surface area contributed by atoms with Gasteiger partial charge in [0.25, 0.3) is 0 Å². The van der Waals surface area contributed by atoms with Crippen LogP contribution in [0.25, 0.3) is 0 Å². The van der Waals surface area contributed by atoms with E-state index in [-0.39, 0.29) is 24.4 Å². The molecule has 1 aromatic rings. The van der Waals surface area contributed by atoms with E-state index in [0.717, 1.165) is 25.6 Å². The molecule has 1 fully saturated rings. The zero-order chi connectivity index (χ0) is 21.4. The number of nitrogens with one attached hydrogen (secondary N) is 1. The molecule has 9 nitrogen and oxygen atoms in total. The summed E-state index contributed by atoms with van der Waals surface area (Å²) in [7, 11) is 0. The van der Waals surface area contributed by atoms with Crippen molar-refractivity contribution >= 4 is 17.4 Å². The third kappa shape index (κ3) is 6.20. The first kappa shape index (κ1) is 22.7.